The first-order valence-corrected chi connectivity index (χ1v) is 9.65. The first-order chi connectivity index (χ1) is 12.2. The molecular formula is C18H24N4O3S. The number of urea groups is 1. The number of hydrogen-bond donors (Lipinski definition) is 3. The van der Waals surface area contributed by atoms with Gasteiger partial charge in [0.15, 0.2) is 0 Å². The summed E-state index contributed by atoms with van der Waals surface area (Å²) in [6.45, 7) is 2.16. The number of carbonyl (C=O) groups is 1. The second-order valence-electron chi connectivity index (χ2n) is 6.23. The molecule has 4 N–H and O–H groups in total. The van der Waals surface area contributed by atoms with Gasteiger partial charge in [0.05, 0.1) is 10.9 Å². The molecule has 0 saturated carbocycles. The molecule has 0 fully saturated rings. The fraction of sp³-hybridized carbons (Fsp3) is 0.278. The van der Waals surface area contributed by atoms with Gasteiger partial charge < -0.3 is 15.5 Å². The summed E-state index contributed by atoms with van der Waals surface area (Å²) in [5.41, 5.74) is 2.72. The molecule has 1 unspecified atom stereocenters. The molecular weight excluding hydrogens is 352 g/mol. The number of sulfonamides is 1. The van der Waals surface area contributed by atoms with Crippen molar-refractivity contribution < 1.29 is 13.2 Å². The SMILES string of the molecule is CC(NC(=O)NCc1ccc(N(C)C)cc1)c1cccc(S(N)(=O)=O)c1. The van der Waals surface area contributed by atoms with E-state index in [2.05, 4.69) is 10.6 Å². The van der Waals surface area contributed by atoms with E-state index in [1.807, 2.05) is 43.3 Å². The van der Waals surface area contributed by atoms with Gasteiger partial charge in [-0.1, -0.05) is 24.3 Å². The van der Waals surface area contributed by atoms with E-state index in [-0.39, 0.29) is 17.0 Å². The van der Waals surface area contributed by atoms with Crippen molar-refractivity contribution in [2.45, 2.75) is 24.4 Å². The normalized spacial score (nSPS) is 12.3. The van der Waals surface area contributed by atoms with Crippen LogP contribution in [0.1, 0.15) is 24.1 Å². The molecule has 7 nitrogen and oxygen atoms in total. The maximum atomic E-state index is 12.1. The van der Waals surface area contributed by atoms with Crippen molar-refractivity contribution in [3.8, 4) is 0 Å². The maximum absolute atomic E-state index is 12.1. The second-order valence-corrected chi connectivity index (χ2v) is 7.79. The molecule has 2 aromatic carbocycles. The van der Waals surface area contributed by atoms with E-state index in [0.717, 1.165) is 11.3 Å². The van der Waals surface area contributed by atoms with Crippen molar-refractivity contribution in [3.05, 3.63) is 59.7 Å². The van der Waals surface area contributed by atoms with Crippen LogP contribution < -0.4 is 20.7 Å². The molecule has 8 heteroatoms. The minimum Gasteiger partial charge on any atom is -0.378 e. The minimum atomic E-state index is -3.78. The molecule has 2 rings (SSSR count). The smallest absolute Gasteiger partial charge is 0.315 e. The number of primary sulfonamides is 1. The van der Waals surface area contributed by atoms with Crippen LogP contribution >= 0.6 is 0 Å². The summed E-state index contributed by atoms with van der Waals surface area (Å²) in [6, 6.07) is 13.4. The monoisotopic (exact) mass is 376 g/mol. The van der Waals surface area contributed by atoms with Crippen LogP contribution in [0.2, 0.25) is 0 Å². The Hall–Kier alpha value is -2.58. The lowest BCUT2D eigenvalue weighted by molar-refractivity contribution is 0.237. The molecule has 0 heterocycles. The summed E-state index contributed by atoms with van der Waals surface area (Å²) in [5, 5.41) is 10.7. The average molecular weight is 376 g/mol. The lowest BCUT2D eigenvalue weighted by atomic mass is 10.1. The Morgan fingerprint density at radius 2 is 1.81 bits per heavy atom. The topological polar surface area (TPSA) is 105 Å². The van der Waals surface area contributed by atoms with E-state index >= 15 is 0 Å². The van der Waals surface area contributed by atoms with Crippen molar-refractivity contribution in [2.75, 3.05) is 19.0 Å². The Labute approximate surface area is 154 Å². The third-order valence-corrected chi connectivity index (χ3v) is 4.85. The van der Waals surface area contributed by atoms with E-state index in [4.69, 9.17) is 5.14 Å². The third-order valence-electron chi connectivity index (χ3n) is 3.94. The Bertz CT molecular complexity index is 864. The number of carbonyl (C=O) groups excluding carboxylic acids is 1. The lowest BCUT2D eigenvalue weighted by Crippen LogP contribution is -2.36. The van der Waals surface area contributed by atoms with Gasteiger partial charge in [-0.2, -0.15) is 0 Å². The van der Waals surface area contributed by atoms with Gasteiger partial charge in [-0.25, -0.2) is 18.4 Å². The number of benzene rings is 2. The van der Waals surface area contributed by atoms with Crippen molar-refractivity contribution >= 4 is 21.7 Å². The maximum Gasteiger partial charge on any atom is 0.315 e. The van der Waals surface area contributed by atoms with Crippen LogP contribution in [0.4, 0.5) is 10.5 Å². The van der Waals surface area contributed by atoms with Gasteiger partial charge in [0.25, 0.3) is 0 Å². The number of hydrogen-bond acceptors (Lipinski definition) is 4. The highest BCUT2D eigenvalue weighted by Crippen LogP contribution is 2.16. The molecule has 0 aromatic heterocycles. The lowest BCUT2D eigenvalue weighted by Gasteiger charge is -2.16. The van der Waals surface area contributed by atoms with Crippen LogP contribution in [0, 0.1) is 0 Å². The molecule has 2 aromatic rings. The molecule has 1 atom stereocenters. The third kappa shape index (κ3) is 5.47. The molecule has 0 saturated heterocycles. The van der Waals surface area contributed by atoms with E-state index in [1.165, 1.54) is 12.1 Å². The molecule has 0 bridgehead atoms. The van der Waals surface area contributed by atoms with Gasteiger partial charge in [-0.15, -0.1) is 0 Å². The van der Waals surface area contributed by atoms with Crippen LogP contribution in [0.5, 0.6) is 0 Å². The van der Waals surface area contributed by atoms with Crippen LogP contribution in [-0.2, 0) is 16.6 Å². The van der Waals surface area contributed by atoms with Crippen LogP contribution in [0.3, 0.4) is 0 Å². The van der Waals surface area contributed by atoms with Gasteiger partial charge in [-0.3, -0.25) is 0 Å². The van der Waals surface area contributed by atoms with Gasteiger partial charge in [0.2, 0.25) is 10.0 Å². The zero-order valence-electron chi connectivity index (χ0n) is 15.1. The molecule has 0 aliphatic carbocycles. The Morgan fingerprint density at radius 1 is 1.15 bits per heavy atom. The van der Waals surface area contributed by atoms with E-state index in [0.29, 0.717) is 12.1 Å². The highest BCUT2D eigenvalue weighted by atomic mass is 32.2. The van der Waals surface area contributed by atoms with E-state index < -0.39 is 10.0 Å². The largest absolute Gasteiger partial charge is 0.378 e. The molecule has 0 spiro atoms. The molecule has 0 aliphatic rings. The fourth-order valence-corrected chi connectivity index (χ4v) is 2.95. The number of anilines is 1. The zero-order chi connectivity index (χ0) is 19.3. The number of nitrogens with zero attached hydrogens (tertiary/aromatic N) is 1. The van der Waals surface area contributed by atoms with Crippen molar-refractivity contribution in [1.29, 1.82) is 0 Å². The summed E-state index contributed by atoms with van der Waals surface area (Å²) in [6.07, 6.45) is 0. The second kappa shape index (κ2) is 8.20. The minimum absolute atomic E-state index is 0.0186. The van der Waals surface area contributed by atoms with E-state index in [1.54, 1.807) is 19.1 Å². The van der Waals surface area contributed by atoms with Crippen molar-refractivity contribution in [2.24, 2.45) is 5.14 Å². The van der Waals surface area contributed by atoms with Crippen LogP contribution in [-0.4, -0.2) is 28.5 Å². The summed E-state index contributed by atoms with van der Waals surface area (Å²) < 4.78 is 22.9. The fourth-order valence-electron chi connectivity index (χ4n) is 2.39. The van der Waals surface area contributed by atoms with Crippen LogP contribution in [0.15, 0.2) is 53.4 Å². The quantitative estimate of drug-likeness (QED) is 0.717. The van der Waals surface area contributed by atoms with Gasteiger partial charge in [-0.05, 0) is 42.3 Å². The first-order valence-electron chi connectivity index (χ1n) is 8.10. The number of rotatable bonds is 6. The van der Waals surface area contributed by atoms with Gasteiger partial charge >= 0.3 is 6.03 Å². The summed E-state index contributed by atoms with van der Waals surface area (Å²) in [7, 11) is 0.155. The van der Waals surface area contributed by atoms with Crippen LogP contribution in [0.25, 0.3) is 0 Å². The van der Waals surface area contributed by atoms with Gasteiger partial charge in [0.1, 0.15) is 0 Å². The highest BCUT2D eigenvalue weighted by molar-refractivity contribution is 7.89. The molecule has 140 valence electrons. The molecule has 2 amide bonds. The number of nitrogens with one attached hydrogen (secondary N) is 2. The van der Waals surface area contributed by atoms with Crippen molar-refractivity contribution in [1.82, 2.24) is 10.6 Å². The van der Waals surface area contributed by atoms with Gasteiger partial charge in [0, 0.05) is 26.3 Å². The average Bonchev–Trinajstić information content (AvgIpc) is 2.59. The number of amides is 2. The standard InChI is InChI=1S/C18H24N4O3S/c1-13(15-5-4-6-17(11-15)26(19,24)25)21-18(23)20-12-14-7-9-16(10-8-14)22(2)3/h4-11,13H,12H2,1-3H3,(H2,19,24,25)(H2,20,21,23). The summed E-state index contributed by atoms with van der Waals surface area (Å²) >= 11 is 0. The highest BCUT2D eigenvalue weighted by Gasteiger charge is 2.13. The Kier molecular flexibility index (Phi) is 6.23. The molecule has 0 aliphatic heterocycles. The Balaban J connectivity index is 1.93. The summed E-state index contributed by atoms with van der Waals surface area (Å²) in [5.74, 6) is 0. The zero-order valence-corrected chi connectivity index (χ0v) is 15.9. The molecule has 0 radical (unpaired) electrons. The van der Waals surface area contributed by atoms with E-state index in [9.17, 15) is 13.2 Å². The van der Waals surface area contributed by atoms with Crippen molar-refractivity contribution in [3.63, 3.8) is 0 Å². The predicted octanol–water partition coefficient (Wildman–Crippen LogP) is 1.96. The molecule has 26 heavy (non-hydrogen) atoms. The Morgan fingerprint density at radius 3 is 2.38 bits per heavy atom. The predicted molar refractivity (Wildman–Crippen MR) is 102 cm³/mol. The summed E-state index contributed by atoms with van der Waals surface area (Å²) in [4.78, 5) is 14.1. The first kappa shape index (κ1) is 19.7. The number of nitrogens with two attached hydrogens (primary N) is 1.